The second kappa shape index (κ2) is 6.82. The zero-order valence-corrected chi connectivity index (χ0v) is 12.7. The summed E-state index contributed by atoms with van der Waals surface area (Å²) in [7, 11) is 0. The summed E-state index contributed by atoms with van der Waals surface area (Å²) in [6.07, 6.45) is 3.53. The van der Waals surface area contributed by atoms with Crippen molar-refractivity contribution in [1.82, 2.24) is 35.3 Å². The van der Waals surface area contributed by atoms with Gasteiger partial charge in [-0.15, -0.1) is 5.10 Å². The predicted octanol–water partition coefficient (Wildman–Crippen LogP) is 0.811. The van der Waals surface area contributed by atoms with E-state index in [0.29, 0.717) is 12.4 Å². The van der Waals surface area contributed by atoms with Crippen molar-refractivity contribution in [3.8, 4) is 5.69 Å². The van der Waals surface area contributed by atoms with Crippen molar-refractivity contribution < 1.29 is 4.79 Å². The van der Waals surface area contributed by atoms with Crippen LogP contribution in [0.2, 0.25) is 0 Å². The highest BCUT2D eigenvalue weighted by molar-refractivity contribution is 5.78. The number of nitrogens with one attached hydrogen (secondary N) is 1. The number of rotatable bonds is 6. The average molecular weight is 311 g/mol. The normalized spacial score (nSPS) is 12.0. The fourth-order valence-electron chi connectivity index (χ4n) is 2.20. The number of carbonyl (C=O) groups is 1. The van der Waals surface area contributed by atoms with E-state index >= 15 is 0 Å². The molecule has 8 nitrogen and oxygen atoms in total. The maximum atomic E-state index is 12.2. The topological polar surface area (TPSA) is 90.5 Å². The third-order valence-corrected chi connectivity index (χ3v) is 3.42. The minimum Gasteiger partial charge on any atom is -0.348 e. The molecule has 3 aromatic rings. The highest BCUT2D eigenvalue weighted by Crippen LogP contribution is 2.07. The average Bonchev–Trinajstić information content (AvgIpc) is 3.24. The largest absolute Gasteiger partial charge is 0.348 e. The van der Waals surface area contributed by atoms with Crippen LogP contribution in [0.15, 0.2) is 48.8 Å². The third-order valence-electron chi connectivity index (χ3n) is 3.42. The highest BCUT2D eigenvalue weighted by Gasteiger charge is 2.15. The Bertz CT molecular complexity index is 751. The van der Waals surface area contributed by atoms with Crippen molar-refractivity contribution in [2.24, 2.45) is 5.92 Å². The molecule has 0 spiro atoms. The second-order valence-electron chi connectivity index (χ2n) is 5.19. The summed E-state index contributed by atoms with van der Waals surface area (Å²) in [5.41, 5.74) is 0.853. The molecular weight excluding hydrogens is 294 g/mol. The van der Waals surface area contributed by atoms with Crippen molar-refractivity contribution in [2.45, 2.75) is 20.0 Å². The van der Waals surface area contributed by atoms with Crippen molar-refractivity contribution >= 4 is 5.91 Å². The summed E-state index contributed by atoms with van der Waals surface area (Å²) in [6.45, 7) is 2.66. The second-order valence-corrected chi connectivity index (χ2v) is 5.19. The summed E-state index contributed by atoms with van der Waals surface area (Å²) >= 11 is 0. The number of amides is 1. The first-order chi connectivity index (χ1) is 11.2. The van der Waals surface area contributed by atoms with Crippen LogP contribution in [0.4, 0.5) is 0 Å². The van der Waals surface area contributed by atoms with E-state index in [1.807, 2.05) is 49.5 Å². The van der Waals surface area contributed by atoms with Crippen LogP contribution < -0.4 is 5.32 Å². The molecule has 0 aliphatic heterocycles. The molecule has 0 fully saturated rings. The first kappa shape index (κ1) is 14.9. The lowest BCUT2D eigenvalue weighted by atomic mass is 10.1. The van der Waals surface area contributed by atoms with Crippen molar-refractivity contribution in [3.05, 3.63) is 54.6 Å². The fraction of sp³-hybridized carbons (Fsp3) is 0.267. The van der Waals surface area contributed by atoms with Gasteiger partial charge in [-0.25, -0.2) is 0 Å². The number of aromatic nitrogens is 6. The Balaban J connectivity index is 1.60. The highest BCUT2D eigenvalue weighted by atomic mass is 16.1. The maximum Gasteiger partial charge on any atom is 0.225 e. The van der Waals surface area contributed by atoms with E-state index in [1.54, 1.807) is 15.6 Å². The zero-order valence-electron chi connectivity index (χ0n) is 12.7. The lowest BCUT2D eigenvalue weighted by Gasteiger charge is -2.12. The molecule has 0 bridgehead atoms. The van der Waals surface area contributed by atoms with Gasteiger partial charge in [-0.2, -0.15) is 9.78 Å². The summed E-state index contributed by atoms with van der Waals surface area (Å²) in [5.74, 6) is 0.315. The number of nitrogens with zero attached hydrogens (tertiary/aromatic N) is 6. The molecular formula is C15H17N7O. The Labute approximate surface area is 133 Å². The van der Waals surface area contributed by atoms with E-state index in [9.17, 15) is 4.79 Å². The van der Waals surface area contributed by atoms with E-state index in [0.717, 1.165) is 5.69 Å². The van der Waals surface area contributed by atoms with Gasteiger partial charge in [0.25, 0.3) is 0 Å². The Kier molecular flexibility index (Phi) is 4.41. The van der Waals surface area contributed by atoms with Gasteiger partial charge in [0.05, 0.1) is 24.7 Å². The van der Waals surface area contributed by atoms with Crippen LogP contribution in [0.5, 0.6) is 0 Å². The summed E-state index contributed by atoms with van der Waals surface area (Å²) < 4.78 is 3.34. The Morgan fingerprint density at radius 3 is 2.83 bits per heavy atom. The van der Waals surface area contributed by atoms with Gasteiger partial charge in [-0.3, -0.25) is 9.48 Å². The lowest BCUT2D eigenvalue weighted by Crippen LogP contribution is -2.32. The molecule has 0 saturated carbocycles. The molecule has 1 amide bonds. The molecule has 1 aromatic carbocycles. The summed E-state index contributed by atoms with van der Waals surface area (Å²) in [6, 6.07) is 11.4. The van der Waals surface area contributed by atoms with Crippen LogP contribution in [0.25, 0.3) is 5.69 Å². The molecule has 0 unspecified atom stereocenters. The van der Waals surface area contributed by atoms with Crippen molar-refractivity contribution in [1.29, 1.82) is 0 Å². The van der Waals surface area contributed by atoms with E-state index in [1.165, 1.54) is 0 Å². The zero-order chi connectivity index (χ0) is 16.1. The molecule has 0 aliphatic rings. The molecule has 2 heterocycles. The number of hydrogen-bond donors (Lipinski definition) is 1. The van der Waals surface area contributed by atoms with Gasteiger partial charge in [-0.1, -0.05) is 25.1 Å². The molecule has 8 heteroatoms. The monoisotopic (exact) mass is 311 g/mol. The fourth-order valence-corrected chi connectivity index (χ4v) is 2.20. The number of carbonyl (C=O) groups excluding carboxylic acids is 1. The van der Waals surface area contributed by atoms with Crippen molar-refractivity contribution in [3.63, 3.8) is 0 Å². The van der Waals surface area contributed by atoms with Crippen LogP contribution in [-0.4, -0.2) is 35.9 Å². The van der Waals surface area contributed by atoms with E-state index < -0.39 is 0 Å². The molecule has 118 valence electrons. The SMILES string of the molecule is C[C@H](Cn1cccn1)C(=O)NCc1nnnn1-c1ccccc1. The number of para-hydroxylation sites is 1. The predicted molar refractivity (Wildman–Crippen MR) is 82.4 cm³/mol. The van der Waals surface area contributed by atoms with E-state index in [-0.39, 0.29) is 18.4 Å². The first-order valence-corrected chi connectivity index (χ1v) is 7.32. The summed E-state index contributed by atoms with van der Waals surface area (Å²) in [4.78, 5) is 12.2. The van der Waals surface area contributed by atoms with Crippen LogP contribution >= 0.6 is 0 Å². The van der Waals surface area contributed by atoms with Crippen LogP contribution in [0.1, 0.15) is 12.7 Å². The van der Waals surface area contributed by atoms with Gasteiger partial charge < -0.3 is 5.32 Å². The third kappa shape index (κ3) is 3.60. The minimum absolute atomic E-state index is 0.0666. The van der Waals surface area contributed by atoms with E-state index in [2.05, 4.69) is 25.9 Å². The smallest absolute Gasteiger partial charge is 0.225 e. The molecule has 0 saturated heterocycles. The number of benzene rings is 1. The maximum absolute atomic E-state index is 12.2. The summed E-state index contributed by atoms with van der Waals surface area (Å²) in [5, 5.41) is 18.6. The van der Waals surface area contributed by atoms with Gasteiger partial charge in [0, 0.05) is 12.4 Å². The van der Waals surface area contributed by atoms with Gasteiger partial charge in [0.2, 0.25) is 5.91 Å². The number of tetrazole rings is 1. The standard InChI is InChI=1S/C15H17N7O/c1-12(11-21-9-5-8-17-21)15(23)16-10-14-18-19-20-22(14)13-6-3-2-4-7-13/h2-9,12H,10-11H2,1H3,(H,16,23)/t12-/m1/s1. The Morgan fingerprint density at radius 1 is 1.26 bits per heavy atom. The van der Waals surface area contributed by atoms with Gasteiger partial charge in [-0.05, 0) is 28.6 Å². The van der Waals surface area contributed by atoms with Gasteiger partial charge in [0.15, 0.2) is 5.82 Å². The van der Waals surface area contributed by atoms with Gasteiger partial charge >= 0.3 is 0 Å². The van der Waals surface area contributed by atoms with Crippen LogP contribution in [0.3, 0.4) is 0 Å². The molecule has 1 atom stereocenters. The van der Waals surface area contributed by atoms with E-state index in [4.69, 9.17) is 0 Å². The van der Waals surface area contributed by atoms with Gasteiger partial charge in [0.1, 0.15) is 0 Å². The molecule has 0 aliphatic carbocycles. The first-order valence-electron chi connectivity index (χ1n) is 7.32. The molecule has 1 N–H and O–H groups in total. The minimum atomic E-state index is -0.198. The molecule has 3 rings (SSSR count). The van der Waals surface area contributed by atoms with Crippen LogP contribution in [0, 0.1) is 5.92 Å². The quantitative estimate of drug-likeness (QED) is 0.727. The molecule has 0 radical (unpaired) electrons. The Morgan fingerprint density at radius 2 is 2.09 bits per heavy atom. The lowest BCUT2D eigenvalue weighted by molar-refractivity contribution is -0.125. The van der Waals surface area contributed by atoms with Crippen molar-refractivity contribution in [2.75, 3.05) is 0 Å². The van der Waals surface area contributed by atoms with Crippen LogP contribution in [-0.2, 0) is 17.9 Å². The Hall–Kier alpha value is -3.03. The molecule has 2 aromatic heterocycles. The number of hydrogen-bond acceptors (Lipinski definition) is 5. The molecule has 23 heavy (non-hydrogen) atoms.